The Labute approximate surface area is 132 Å². The number of carbonyl (C=O) groups is 1. The summed E-state index contributed by atoms with van der Waals surface area (Å²) in [6.07, 6.45) is -9.96. The van der Waals surface area contributed by atoms with E-state index >= 15 is 0 Å². The second-order valence-corrected chi connectivity index (χ2v) is 6.13. The van der Waals surface area contributed by atoms with Gasteiger partial charge >= 0.3 is 29.8 Å². The molecule has 1 saturated heterocycles. The highest BCUT2D eigenvalue weighted by atomic mass is 19.4. The van der Waals surface area contributed by atoms with Gasteiger partial charge in [-0.1, -0.05) is 13.8 Å². The first-order valence-electron chi connectivity index (χ1n) is 6.91. The van der Waals surface area contributed by atoms with Gasteiger partial charge in [0.1, 0.15) is 5.60 Å². The van der Waals surface area contributed by atoms with E-state index in [0.717, 1.165) is 0 Å². The molecule has 11 heteroatoms. The Morgan fingerprint density at radius 2 is 1.67 bits per heavy atom. The molecule has 0 aliphatic carbocycles. The van der Waals surface area contributed by atoms with Crippen LogP contribution in [0.2, 0.25) is 0 Å². The predicted molar refractivity (Wildman–Crippen MR) is 65.4 cm³/mol. The third-order valence-electron chi connectivity index (χ3n) is 3.95. The second-order valence-electron chi connectivity index (χ2n) is 6.13. The average Bonchev–Trinajstić information content (AvgIpc) is 2.39. The number of rotatable bonds is 3. The van der Waals surface area contributed by atoms with Crippen molar-refractivity contribution in [1.82, 2.24) is 0 Å². The van der Waals surface area contributed by atoms with Crippen LogP contribution >= 0.6 is 0 Å². The monoisotopic (exact) mass is 370 g/mol. The van der Waals surface area contributed by atoms with Gasteiger partial charge in [-0.05, 0) is 20.3 Å². The summed E-state index contributed by atoms with van der Waals surface area (Å²) >= 11 is 0. The van der Waals surface area contributed by atoms with Gasteiger partial charge in [-0.25, -0.2) is 0 Å². The van der Waals surface area contributed by atoms with Crippen LogP contribution in [0, 0.1) is 5.92 Å². The molecular formula is C13H17F7O4. The van der Waals surface area contributed by atoms with Gasteiger partial charge in [0.25, 0.3) is 0 Å². The first-order valence-corrected chi connectivity index (χ1v) is 6.91. The highest BCUT2D eigenvalue weighted by Gasteiger charge is 2.85. The quantitative estimate of drug-likeness (QED) is 0.612. The van der Waals surface area contributed by atoms with Gasteiger partial charge in [0, 0.05) is 0 Å². The summed E-state index contributed by atoms with van der Waals surface area (Å²) in [5.41, 5.74) is -3.20. The molecule has 0 amide bonds. The fraction of sp³-hybridized carbons (Fsp3) is 0.923. The number of aliphatic hydroxyl groups is 1. The van der Waals surface area contributed by atoms with E-state index in [2.05, 4.69) is 9.47 Å². The number of halogens is 7. The molecule has 0 aromatic heterocycles. The molecule has 4 nitrogen and oxygen atoms in total. The lowest BCUT2D eigenvalue weighted by atomic mass is 9.83. The van der Waals surface area contributed by atoms with Gasteiger partial charge in [0.15, 0.2) is 0 Å². The fourth-order valence-corrected chi connectivity index (χ4v) is 2.02. The third kappa shape index (κ3) is 2.85. The van der Waals surface area contributed by atoms with Crippen molar-refractivity contribution in [3.8, 4) is 0 Å². The topological polar surface area (TPSA) is 55.8 Å². The Morgan fingerprint density at radius 1 is 1.21 bits per heavy atom. The van der Waals surface area contributed by atoms with Crippen molar-refractivity contribution in [3.05, 3.63) is 0 Å². The molecule has 0 radical (unpaired) electrons. The van der Waals surface area contributed by atoms with Crippen LogP contribution in [0.3, 0.4) is 0 Å². The number of ether oxygens (including phenoxy) is 2. The molecule has 0 bridgehead atoms. The van der Waals surface area contributed by atoms with Gasteiger partial charge in [0.05, 0.1) is 5.92 Å². The van der Waals surface area contributed by atoms with Crippen LogP contribution in [0.25, 0.3) is 0 Å². The zero-order valence-corrected chi connectivity index (χ0v) is 13.2. The molecule has 0 spiro atoms. The molecule has 1 aliphatic rings. The zero-order valence-electron chi connectivity index (χ0n) is 13.2. The Kier molecular flexibility index (Phi) is 4.99. The molecule has 1 N–H and O–H groups in total. The van der Waals surface area contributed by atoms with Gasteiger partial charge in [0.2, 0.25) is 6.10 Å². The van der Waals surface area contributed by atoms with Crippen LogP contribution in [0.1, 0.15) is 34.1 Å². The van der Waals surface area contributed by atoms with Crippen LogP contribution in [0.4, 0.5) is 30.7 Å². The SMILES string of the molecule is CCC(C)C(=O)OC1C(F)(F)C(C)(C)OC(O)(C(F)(F)F)C1(F)F. The lowest BCUT2D eigenvalue weighted by molar-refractivity contribution is -0.510. The Bertz CT molecular complexity index is 503. The minimum absolute atomic E-state index is 0.0200. The molecule has 1 aliphatic heterocycles. The molecule has 0 saturated carbocycles. The number of hydrogen-bond donors (Lipinski definition) is 1. The van der Waals surface area contributed by atoms with Crippen LogP contribution in [-0.4, -0.2) is 46.6 Å². The number of carbonyl (C=O) groups excluding carboxylic acids is 1. The molecule has 3 unspecified atom stereocenters. The summed E-state index contributed by atoms with van der Waals surface area (Å²) < 4.78 is 103. The molecule has 0 aromatic rings. The van der Waals surface area contributed by atoms with Crippen molar-refractivity contribution >= 4 is 5.97 Å². The molecular weight excluding hydrogens is 353 g/mol. The van der Waals surface area contributed by atoms with Crippen molar-refractivity contribution in [2.24, 2.45) is 5.92 Å². The van der Waals surface area contributed by atoms with Crippen LogP contribution < -0.4 is 0 Å². The number of esters is 1. The van der Waals surface area contributed by atoms with Crippen molar-refractivity contribution in [2.45, 2.75) is 69.6 Å². The first kappa shape index (κ1) is 20.9. The Morgan fingerprint density at radius 3 is 2.04 bits per heavy atom. The summed E-state index contributed by atoms with van der Waals surface area (Å²) in [6.45, 7) is 3.34. The summed E-state index contributed by atoms with van der Waals surface area (Å²) in [4.78, 5) is 11.6. The third-order valence-corrected chi connectivity index (χ3v) is 3.95. The molecule has 1 rings (SSSR count). The van der Waals surface area contributed by atoms with Gasteiger partial charge in [-0.3, -0.25) is 4.79 Å². The normalized spacial score (nSPS) is 32.9. The fourth-order valence-electron chi connectivity index (χ4n) is 2.02. The van der Waals surface area contributed by atoms with Crippen LogP contribution in [-0.2, 0) is 14.3 Å². The smallest absolute Gasteiger partial charge is 0.449 e. The molecule has 1 fully saturated rings. The van der Waals surface area contributed by atoms with E-state index in [1.54, 1.807) is 0 Å². The molecule has 142 valence electrons. The first-order chi connectivity index (χ1) is 10.5. The Balaban J connectivity index is 3.47. The summed E-state index contributed by atoms with van der Waals surface area (Å²) in [5.74, 6) is -18.2. The molecule has 1 heterocycles. The van der Waals surface area contributed by atoms with Crippen molar-refractivity contribution in [1.29, 1.82) is 0 Å². The van der Waals surface area contributed by atoms with Gasteiger partial charge < -0.3 is 14.6 Å². The maximum absolute atomic E-state index is 14.2. The molecule has 3 atom stereocenters. The van der Waals surface area contributed by atoms with Crippen molar-refractivity contribution in [3.63, 3.8) is 0 Å². The highest BCUT2D eigenvalue weighted by Crippen LogP contribution is 2.57. The molecule has 0 aromatic carbocycles. The summed E-state index contributed by atoms with van der Waals surface area (Å²) in [6, 6.07) is 0. The Hall–Kier alpha value is -1.10. The standard InChI is InChI=1S/C13H17F7O4/c1-5-6(2)7(21)23-8-10(14,15)9(3,4)24-12(22,11(8,16)17)13(18,19)20/h6,8,22H,5H2,1-4H3. The van der Waals surface area contributed by atoms with E-state index < -0.39 is 47.4 Å². The van der Waals surface area contributed by atoms with Crippen LogP contribution in [0.5, 0.6) is 0 Å². The van der Waals surface area contributed by atoms with Crippen molar-refractivity contribution in [2.75, 3.05) is 0 Å². The highest BCUT2D eigenvalue weighted by molar-refractivity contribution is 5.72. The molecule has 24 heavy (non-hydrogen) atoms. The lowest BCUT2D eigenvalue weighted by Gasteiger charge is -2.53. The average molecular weight is 370 g/mol. The minimum atomic E-state index is -6.12. The van der Waals surface area contributed by atoms with Crippen molar-refractivity contribution < 1.29 is 50.1 Å². The van der Waals surface area contributed by atoms with Gasteiger partial charge in [-0.2, -0.15) is 30.7 Å². The van der Waals surface area contributed by atoms with E-state index in [9.17, 15) is 40.6 Å². The van der Waals surface area contributed by atoms with E-state index in [-0.39, 0.29) is 6.42 Å². The number of hydrogen-bond acceptors (Lipinski definition) is 4. The van der Waals surface area contributed by atoms with Gasteiger partial charge in [-0.15, -0.1) is 0 Å². The van der Waals surface area contributed by atoms with E-state index in [0.29, 0.717) is 13.8 Å². The minimum Gasteiger partial charge on any atom is -0.449 e. The zero-order chi connectivity index (χ0) is 19.4. The predicted octanol–water partition coefficient (Wildman–Crippen LogP) is 3.27. The van der Waals surface area contributed by atoms with E-state index in [1.165, 1.54) is 13.8 Å². The summed E-state index contributed by atoms with van der Waals surface area (Å²) in [5, 5.41) is 9.36. The maximum atomic E-state index is 14.2. The summed E-state index contributed by atoms with van der Waals surface area (Å²) in [7, 11) is 0. The lowest BCUT2D eigenvalue weighted by Crippen LogP contribution is -2.79. The second kappa shape index (κ2) is 5.72. The van der Waals surface area contributed by atoms with Crippen LogP contribution in [0.15, 0.2) is 0 Å². The van der Waals surface area contributed by atoms with E-state index in [1.807, 2.05) is 0 Å². The van der Waals surface area contributed by atoms with E-state index in [4.69, 9.17) is 0 Å². The largest absolute Gasteiger partial charge is 0.449 e. The number of alkyl halides is 7. The maximum Gasteiger partial charge on any atom is 0.449 e.